The van der Waals surface area contributed by atoms with Crippen molar-refractivity contribution < 1.29 is 9.59 Å². The molecule has 3 amide bonds. The molecule has 0 saturated heterocycles. The molecule has 4 N–H and O–H groups in total. The average Bonchev–Trinajstić information content (AvgIpc) is 2.94. The van der Waals surface area contributed by atoms with E-state index in [1.165, 1.54) is 0 Å². The zero-order chi connectivity index (χ0) is 18.7. The molecule has 26 heavy (non-hydrogen) atoms. The van der Waals surface area contributed by atoms with Gasteiger partial charge in [0.1, 0.15) is 0 Å². The molecule has 0 radical (unpaired) electrons. The molecule has 0 spiro atoms. The molecule has 0 bridgehead atoms. The number of imidazole rings is 1. The molecule has 3 aromatic rings. The normalized spacial score (nSPS) is 10.4. The van der Waals surface area contributed by atoms with Gasteiger partial charge in [0.05, 0.1) is 12.0 Å². The number of nitrogens with one attached hydrogen (secondary N) is 2. The minimum absolute atomic E-state index is 0.277. The van der Waals surface area contributed by atoms with Crippen molar-refractivity contribution in [2.45, 2.75) is 13.8 Å². The first-order valence-electron chi connectivity index (χ1n) is 8.03. The Bertz CT molecular complexity index is 960. The summed E-state index contributed by atoms with van der Waals surface area (Å²) in [5.41, 5.74) is 9.66. The van der Waals surface area contributed by atoms with Crippen molar-refractivity contribution in [2.75, 3.05) is 10.6 Å². The number of hydrogen-bond donors (Lipinski definition) is 3. The van der Waals surface area contributed by atoms with Gasteiger partial charge in [0.2, 0.25) is 0 Å². The topological polar surface area (TPSA) is 102 Å². The molecule has 7 heteroatoms. The van der Waals surface area contributed by atoms with Crippen LogP contribution in [0.25, 0.3) is 5.69 Å². The molecule has 2 aromatic carbocycles. The summed E-state index contributed by atoms with van der Waals surface area (Å²) in [7, 11) is 0. The fraction of sp³-hybridized carbons (Fsp3) is 0.105. The van der Waals surface area contributed by atoms with Gasteiger partial charge in [-0.05, 0) is 56.3 Å². The van der Waals surface area contributed by atoms with Crippen molar-refractivity contribution in [1.82, 2.24) is 9.55 Å². The van der Waals surface area contributed by atoms with Crippen LogP contribution in [0.5, 0.6) is 0 Å². The number of primary amides is 1. The fourth-order valence-corrected chi connectivity index (χ4v) is 2.55. The number of amides is 3. The highest BCUT2D eigenvalue weighted by molar-refractivity contribution is 6.05. The van der Waals surface area contributed by atoms with E-state index in [9.17, 15) is 9.59 Å². The Hall–Kier alpha value is -3.61. The number of aromatic nitrogens is 2. The predicted octanol–water partition coefficient (Wildman–Crippen LogP) is 3.23. The lowest BCUT2D eigenvalue weighted by Crippen LogP contribution is -2.19. The largest absolute Gasteiger partial charge is 0.351 e. The highest BCUT2D eigenvalue weighted by Crippen LogP contribution is 2.18. The Kier molecular flexibility index (Phi) is 4.70. The lowest BCUT2D eigenvalue weighted by Gasteiger charge is -2.09. The van der Waals surface area contributed by atoms with Crippen molar-refractivity contribution in [1.29, 1.82) is 0 Å². The lowest BCUT2D eigenvalue weighted by atomic mass is 10.2. The van der Waals surface area contributed by atoms with Gasteiger partial charge in [0.25, 0.3) is 5.91 Å². The number of rotatable bonds is 4. The van der Waals surface area contributed by atoms with Gasteiger partial charge < -0.3 is 20.9 Å². The molecule has 0 saturated carbocycles. The Labute approximate surface area is 150 Å². The van der Waals surface area contributed by atoms with Crippen LogP contribution in [0.4, 0.5) is 16.2 Å². The number of benzene rings is 2. The summed E-state index contributed by atoms with van der Waals surface area (Å²) in [5, 5.41) is 5.28. The first-order chi connectivity index (χ1) is 12.4. The summed E-state index contributed by atoms with van der Waals surface area (Å²) in [6.07, 6.45) is 1.77. The molecular weight excluding hydrogens is 330 g/mol. The summed E-state index contributed by atoms with van der Waals surface area (Å²) in [5.74, 6) is -0.277. The van der Waals surface area contributed by atoms with Gasteiger partial charge >= 0.3 is 6.03 Å². The Morgan fingerprint density at radius 2 is 1.73 bits per heavy atom. The quantitative estimate of drug-likeness (QED) is 0.674. The molecule has 3 rings (SSSR count). The van der Waals surface area contributed by atoms with Crippen molar-refractivity contribution in [3.63, 3.8) is 0 Å². The SMILES string of the molecule is Cc1ncn(-c2ccc(NC(=O)c3cccc(NC(N)=O)c3)cc2)c1C. The molecule has 0 aliphatic heterocycles. The molecular formula is C19H19N5O2. The van der Waals surface area contributed by atoms with Crippen LogP contribution in [0, 0.1) is 13.8 Å². The molecule has 7 nitrogen and oxygen atoms in total. The molecule has 132 valence electrons. The average molecular weight is 349 g/mol. The van der Waals surface area contributed by atoms with Crippen molar-refractivity contribution >= 4 is 23.3 Å². The Morgan fingerprint density at radius 3 is 2.35 bits per heavy atom. The highest BCUT2D eigenvalue weighted by Gasteiger charge is 2.09. The zero-order valence-corrected chi connectivity index (χ0v) is 14.5. The number of anilines is 2. The number of nitrogens with two attached hydrogens (primary N) is 1. The van der Waals surface area contributed by atoms with Crippen molar-refractivity contribution in [3.8, 4) is 5.69 Å². The van der Waals surface area contributed by atoms with E-state index in [2.05, 4.69) is 15.6 Å². The van der Waals surface area contributed by atoms with E-state index in [0.29, 0.717) is 16.9 Å². The van der Waals surface area contributed by atoms with Crippen molar-refractivity contribution in [2.24, 2.45) is 5.73 Å². The van der Waals surface area contributed by atoms with Crippen LogP contribution < -0.4 is 16.4 Å². The predicted molar refractivity (Wildman–Crippen MR) is 101 cm³/mol. The van der Waals surface area contributed by atoms with Crippen LogP contribution in [-0.4, -0.2) is 21.5 Å². The number of aryl methyl sites for hydroxylation is 1. The third-order valence-corrected chi connectivity index (χ3v) is 4.05. The fourth-order valence-electron chi connectivity index (χ4n) is 2.55. The number of carbonyl (C=O) groups is 2. The molecule has 1 heterocycles. The van der Waals surface area contributed by atoms with E-state index in [-0.39, 0.29) is 5.91 Å². The molecule has 0 aliphatic rings. The monoisotopic (exact) mass is 349 g/mol. The summed E-state index contributed by atoms with van der Waals surface area (Å²) < 4.78 is 1.99. The van der Waals surface area contributed by atoms with Gasteiger partial charge in [-0.15, -0.1) is 0 Å². The first-order valence-corrected chi connectivity index (χ1v) is 8.03. The summed E-state index contributed by atoms with van der Waals surface area (Å²) >= 11 is 0. The minimum Gasteiger partial charge on any atom is -0.351 e. The van der Waals surface area contributed by atoms with Gasteiger partial charge in [0.15, 0.2) is 0 Å². The van der Waals surface area contributed by atoms with Crippen LogP contribution in [-0.2, 0) is 0 Å². The minimum atomic E-state index is -0.678. The van der Waals surface area contributed by atoms with Crippen molar-refractivity contribution in [3.05, 3.63) is 71.8 Å². The summed E-state index contributed by atoms with van der Waals surface area (Å²) in [4.78, 5) is 27.6. The molecule has 1 aromatic heterocycles. The van der Waals surface area contributed by atoms with Crippen LogP contribution >= 0.6 is 0 Å². The molecule has 0 atom stereocenters. The highest BCUT2D eigenvalue weighted by atomic mass is 16.2. The van der Waals surface area contributed by atoms with Crippen LogP contribution in [0.3, 0.4) is 0 Å². The molecule has 0 aliphatic carbocycles. The van der Waals surface area contributed by atoms with Crippen LogP contribution in [0.15, 0.2) is 54.9 Å². The van der Waals surface area contributed by atoms with E-state index in [0.717, 1.165) is 17.1 Å². The van der Waals surface area contributed by atoms with E-state index in [4.69, 9.17) is 5.73 Å². The first kappa shape index (κ1) is 17.2. The molecule has 0 unspecified atom stereocenters. The third kappa shape index (κ3) is 3.72. The van der Waals surface area contributed by atoms with Crippen LogP contribution in [0.2, 0.25) is 0 Å². The maximum absolute atomic E-state index is 12.4. The second-order valence-corrected chi connectivity index (χ2v) is 5.86. The second kappa shape index (κ2) is 7.10. The summed E-state index contributed by atoms with van der Waals surface area (Å²) in [6, 6.07) is 13.4. The van der Waals surface area contributed by atoms with E-state index < -0.39 is 6.03 Å². The number of carbonyl (C=O) groups excluding carboxylic acids is 2. The van der Waals surface area contributed by atoms with E-state index in [1.54, 1.807) is 30.6 Å². The maximum Gasteiger partial charge on any atom is 0.316 e. The summed E-state index contributed by atoms with van der Waals surface area (Å²) in [6.45, 7) is 3.97. The number of nitrogens with zero attached hydrogens (tertiary/aromatic N) is 2. The Balaban J connectivity index is 1.74. The standard InChI is InChI=1S/C19H19N5O2/c1-12-13(2)24(11-21-12)17-8-6-15(7-9-17)22-18(25)14-4-3-5-16(10-14)23-19(20)26/h3-11H,1-2H3,(H,22,25)(H3,20,23,26). The lowest BCUT2D eigenvalue weighted by molar-refractivity contribution is 0.102. The Morgan fingerprint density at radius 1 is 1.00 bits per heavy atom. The van der Waals surface area contributed by atoms with E-state index in [1.807, 2.05) is 42.7 Å². The third-order valence-electron chi connectivity index (χ3n) is 4.05. The van der Waals surface area contributed by atoms with Gasteiger partial charge in [-0.1, -0.05) is 6.07 Å². The van der Waals surface area contributed by atoms with Gasteiger partial charge in [0, 0.05) is 28.3 Å². The molecule has 0 fully saturated rings. The zero-order valence-electron chi connectivity index (χ0n) is 14.5. The second-order valence-electron chi connectivity index (χ2n) is 5.86. The van der Waals surface area contributed by atoms with Crippen LogP contribution in [0.1, 0.15) is 21.7 Å². The smallest absolute Gasteiger partial charge is 0.316 e. The van der Waals surface area contributed by atoms with Gasteiger partial charge in [-0.2, -0.15) is 0 Å². The maximum atomic E-state index is 12.4. The number of hydrogen-bond acceptors (Lipinski definition) is 3. The van der Waals surface area contributed by atoms with Gasteiger partial charge in [-0.3, -0.25) is 4.79 Å². The van der Waals surface area contributed by atoms with Gasteiger partial charge in [-0.25, -0.2) is 9.78 Å². The number of urea groups is 1. The van der Waals surface area contributed by atoms with E-state index >= 15 is 0 Å².